The first-order chi connectivity index (χ1) is 12.2. The number of ether oxygens (including phenoxy) is 3. The van der Waals surface area contributed by atoms with Crippen LogP contribution in [0.25, 0.3) is 0 Å². The summed E-state index contributed by atoms with van der Waals surface area (Å²) in [6.07, 6.45) is 2.42. The molecule has 132 valence electrons. The highest BCUT2D eigenvalue weighted by atomic mass is 16.5. The zero-order valence-electron chi connectivity index (χ0n) is 14.6. The molecule has 0 saturated heterocycles. The average molecular weight is 342 g/mol. The van der Waals surface area contributed by atoms with Gasteiger partial charge in [-0.15, -0.1) is 0 Å². The van der Waals surface area contributed by atoms with Gasteiger partial charge in [0.25, 0.3) is 5.91 Å². The van der Waals surface area contributed by atoms with Crippen molar-refractivity contribution in [3.8, 4) is 17.2 Å². The smallest absolute Gasteiger partial charge is 0.277 e. The Hall–Kier alpha value is -3.02. The lowest BCUT2D eigenvalue weighted by Gasteiger charge is -2.07. The van der Waals surface area contributed by atoms with Crippen LogP contribution >= 0.6 is 0 Å². The maximum Gasteiger partial charge on any atom is 0.277 e. The van der Waals surface area contributed by atoms with Crippen molar-refractivity contribution in [1.29, 1.82) is 0 Å². The first-order valence-electron chi connectivity index (χ1n) is 7.92. The number of benzene rings is 2. The van der Waals surface area contributed by atoms with Crippen molar-refractivity contribution < 1.29 is 19.0 Å². The summed E-state index contributed by atoms with van der Waals surface area (Å²) in [4.78, 5) is 11.8. The van der Waals surface area contributed by atoms with Crippen LogP contribution in [0.15, 0.2) is 47.6 Å². The molecule has 6 nitrogen and oxygen atoms in total. The number of carbonyl (C=O) groups excluding carboxylic acids is 1. The molecule has 25 heavy (non-hydrogen) atoms. The fourth-order valence-corrected chi connectivity index (χ4v) is 2.14. The van der Waals surface area contributed by atoms with Crippen LogP contribution in [0.3, 0.4) is 0 Å². The lowest BCUT2D eigenvalue weighted by atomic mass is 10.2. The van der Waals surface area contributed by atoms with Gasteiger partial charge in [0.2, 0.25) is 0 Å². The molecule has 0 aromatic heterocycles. The van der Waals surface area contributed by atoms with Crippen molar-refractivity contribution in [2.24, 2.45) is 5.10 Å². The molecule has 2 aromatic rings. The Balaban J connectivity index is 1.88. The number of rotatable bonds is 8. The van der Waals surface area contributed by atoms with E-state index in [1.807, 2.05) is 24.3 Å². The maximum absolute atomic E-state index is 11.8. The van der Waals surface area contributed by atoms with E-state index < -0.39 is 0 Å². The van der Waals surface area contributed by atoms with Crippen LogP contribution in [0.4, 0.5) is 0 Å². The monoisotopic (exact) mass is 342 g/mol. The Kier molecular flexibility index (Phi) is 6.83. The zero-order chi connectivity index (χ0) is 18.1. The largest absolute Gasteiger partial charge is 0.497 e. The number of hydrazone groups is 1. The number of hydrogen-bond donors (Lipinski definition) is 1. The molecule has 0 unspecified atom stereocenters. The molecule has 0 radical (unpaired) electrons. The molecule has 2 aromatic carbocycles. The van der Waals surface area contributed by atoms with E-state index in [4.69, 9.17) is 14.2 Å². The minimum Gasteiger partial charge on any atom is -0.497 e. The zero-order valence-corrected chi connectivity index (χ0v) is 14.6. The van der Waals surface area contributed by atoms with Gasteiger partial charge >= 0.3 is 0 Å². The molecule has 6 heteroatoms. The van der Waals surface area contributed by atoms with Crippen LogP contribution in [-0.2, 0) is 11.2 Å². The van der Waals surface area contributed by atoms with Crippen molar-refractivity contribution in [3.63, 3.8) is 0 Å². The fraction of sp³-hybridized carbons (Fsp3) is 0.263. The minimum atomic E-state index is -0.342. The summed E-state index contributed by atoms with van der Waals surface area (Å²) in [5.41, 5.74) is 4.31. The summed E-state index contributed by atoms with van der Waals surface area (Å²) >= 11 is 0. The fourth-order valence-electron chi connectivity index (χ4n) is 2.14. The third kappa shape index (κ3) is 5.53. The number of carbonyl (C=O) groups is 1. The van der Waals surface area contributed by atoms with E-state index in [2.05, 4.69) is 17.5 Å². The molecular weight excluding hydrogens is 320 g/mol. The van der Waals surface area contributed by atoms with E-state index >= 15 is 0 Å². The molecule has 0 aliphatic carbocycles. The van der Waals surface area contributed by atoms with Gasteiger partial charge in [0.15, 0.2) is 6.61 Å². The summed E-state index contributed by atoms with van der Waals surface area (Å²) in [5, 5.41) is 3.93. The second-order valence-electron chi connectivity index (χ2n) is 5.19. The Labute approximate surface area is 147 Å². The van der Waals surface area contributed by atoms with Crippen LogP contribution in [0, 0.1) is 0 Å². The molecule has 0 atom stereocenters. The van der Waals surface area contributed by atoms with Gasteiger partial charge in [0.05, 0.1) is 20.4 Å². The molecule has 1 amide bonds. The van der Waals surface area contributed by atoms with Crippen LogP contribution in [0.2, 0.25) is 0 Å². The van der Waals surface area contributed by atoms with Crippen molar-refractivity contribution in [2.45, 2.75) is 13.3 Å². The van der Waals surface area contributed by atoms with E-state index in [1.54, 1.807) is 32.4 Å². The maximum atomic E-state index is 11.8. The van der Waals surface area contributed by atoms with Gasteiger partial charge in [-0.3, -0.25) is 4.79 Å². The highest BCUT2D eigenvalue weighted by Crippen LogP contribution is 2.23. The van der Waals surface area contributed by atoms with Gasteiger partial charge in [0, 0.05) is 11.6 Å². The number of nitrogens with one attached hydrogen (secondary N) is 1. The van der Waals surface area contributed by atoms with E-state index in [0.717, 1.165) is 17.5 Å². The summed E-state index contributed by atoms with van der Waals surface area (Å²) in [6.45, 7) is 1.96. The number of aryl methyl sites for hydroxylation is 1. The predicted octanol–water partition coefficient (Wildman–Crippen LogP) is 2.80. The van der Waals surface area contributed by atoms with Crippen molar-refractivity contribution in [3.05, 3.63) is 53.6 Å². The van der Waals surface area contributed by atoms with E-state index in [9.17, 15) is 4.79 Å². The standard InChI is InChI=1S/C19H22N2O4/c1-4-14-6-5-7-17(10-14)25-13-19(22)21-20-12-15-8-9-16(23-2)11-18(15)24-3/h5-12H,4,13H2,1-3H3,(H,21,22)/b20-12+. The van der Waals surface area contributed by atoms with E-state index in [1.165, 1.54) is 6.21 Å². The van der Waals surface area contributed by atoms with Gasteiger partial charge < -0.3 is 14.2 Å². The van der Waals surface area contributed by atoms with Gasteiger partial charge in [-0.1, -0.05) is 19.1 Å². The van der Waals surface area contributed by atoms with Crippen LogP contribution in [0.5, 0.6) is 17.2 Å². The highest BCUT2D eigenvalue weighted by Gasteiger charge is 2.04. The quantitative estimate of drug-likeness (QED) is 0.592. The van der Waals surface area contributed by atoms with Gasteiger partial charge in [-0.05, 0) is 36.2 Å². The van der Waals surface area contributed by atoms with Crippen LogP contribution in [0.1, 0.15) is 18.1 Å². The van der Waals surface area contributed by atoms with Gasteiger partial charge in [-0.25, -0.2) is 5.43 Å². The number of methoxy groups -OCH3 is 2. The molecule has 0 aliphatic heterocycles. The average Bonchev–Trinajstić information content (AvgIpc) is 2.66. The van der Waals surface area contributed by atoms with Gasteiger partial charge in [0.1, 0.15) is 17.2 Å². The molecule has 1 N–H and O–H groups in total. The Morgan fingerprint density at radius 1 is 1.12 bits per heavy atom. The topological polar surface area (TPSA) is 69.2 Å². The summed E-state index contributed by atoms with van der Waals surface area (Å²) in [7, 11) is 3.14. The second-order valence-corrected chi connectivity index (χ2v) is 5.19. The molecule has 0 spiro atoms. The number of nitrogens with zero attached hydrogens (tertiary/aromatic N) is 1. The molecule has 0 bridgehead atoms. The van der Waals surface area contributed by atoms with Gasteiger partial charge in [-0.2, -0.15) is 5.10 Å². The molecule has 0 fully saturated rings. The minimum absolute atomic E-state index is 0.107. The van der Waals surface area contributed by atoms with E-state index in [-0.39, 0.29) is 12.5 Å². The Morgan fingerprint density at radius 3 is 2.68 bits per heavy atom. The normalized spacial score (nSPS) is 10.5. The molecule has 0 saturated carbocycles. The second kappa shape index (κ2) is 9.32. The van der Waals surface area contributed by atoms with Crippen LogP contribution < -0.4 is 19.6 Å². The van der Waals surface area contributed by atoms with Crippen molar-refractivity contribution >= 4 is 12.1 Å². The summed E-state index contributed by atoms with van der Waals surface area (Å²) < 4.78 is 15.9. The third-order valence-electron chi connectivity index (χ3n) is 3.51. The van der Waals surface area contributed by atoms with Crippen molar-refractivity contribution in [2.75, 3.05) is 20.8 Å². The molecular formula is C19H22N2O4. The molecule has 0 aliphatic rings. The van der Waals surface area contributed by atoms with Crippen molar-refractivity contribution in [1.82, 2.24) is 5.43 Å². The Morgan fingerprint density at radius 2 is 1.96 bits per heavy atom. The number of amides is 1. The highest BCUT2D eigenvalue weighted by molar-refractivity contribution is 5.85. The third-order valence-corrected chi connectivity index (χ3v) is 3.51. The molecule has 2 rings (SSSR count). The van der Waals surface area contributed by atoms with Crippen LogP contribution in [-0.4, -0.2) is 32.9 Å². The number of hydrogen-bond acceptors (Lipinski definition) is 5. The lowest BCUT2D eigenvalue weighted by Crippen LogP contribution is -2.24. The predicted molar refractivity (Wildman–Crippen MR) is 96.6 cm³/mol. The first-order valence-corrected chi connectivity index (χ1v) is 7.92. The van der Waals surface area contributed by atoms with E-state index in [0.29, 0.717) is 17.2 Å². The summed E-state index contributed by atoms with van der Waals surface area (Å²) in [6, 6.07) is 13.0. The molecule has 0 heterocycles. The SMILES string of the molecule is CCc1cccc(OCC(=O)N/N=C/c2ccc(OC)cc2OC)c1. The Bertz CT molecular complexity index is 744. The summed E-state index contributed by atoms with van der Waals surface area (Å²) in [5.74, 6) is 1.60. The first kappa shape index (κ1) is 18.3. The lowest BCUT2D eigenvalue weighted by molar-refractivity contribution is -0.123.